The maximum atomic E-state index is 12.0. The third-order valence-electron chi connectivity index (χ3n) is 2.61. The van der Waals surface area contributed by atoms with E-state index in [0.717, 1.165) is 27.4 Å². The standard InChI is InChI=1S/C14H15NOS/c1-3-11-6-4-5-7-12(11)15-14(16)13-9-8-10(2)17-13/h4-9H,3H2,1-2H3,(H,15,16). The van der Waals surface area contributed by atoms with Crippen LogP contribution in [0, 0.1) is 6.92 Å². The smallest absolute Gasteiger partial charge is 0.265 e. The average Bonchev–Trinajstić information content (AvgIpc) is 2.77. The lowest BCUT2D eigenvalue weighted by Gasteiger charge is -2.08. The van der Waals surface area contributed by atoms with Crippen LogP contribution in [0.3, 0.4) is 0 Å². The third kappa shape index (κ3) is 2.74. The van der Waals surface area contributed by atoms with Crippen molar-refractivity contribution in [3.63, 3.8) is 0 Å². The molecule has 0 unspecified atom stereocenters. The second-order valence-electron chi connectivity index (χ2n) is 3.88. The molecule has 3 heteroatoms. The average molecular weight is 245 g/mol. The zero-order valence-electron chi connectivity index (χ0n) is 9.99. The number of aryl methyl sites for hydroxylation is 2. The van der Waals surface area contributed by atoms with Gasteiger partial charge in [0.2, 0.25) is 0 Å². The van der Waals surface area contributed by atoms with Crippen molar-refractivity contribution < 1.29 is 4.79 Å². The van der Waals surface area contributed by atoms with E-state index in [1.807, 2.05) is 43.3 Å². The summed E-state index contributed by atoms with van der Waals surface area (Å²) in [6, 6.07) is 11.7. The molecule has 1 heterocycles. The van der Waals surface area contributed by atoms with E-state index < -0.39 is 0 Å². The van der Waals surface area contributed by atoms with Crippen molar-refractivity contribution in [2.24, 2.45) is 0 Å². The van der Waals surface area contributed by atoms with Crippen LogP contribution in [0.2, 0.25) is 0 Å². The van der Waals surface area contributed by atoms with Gasteiger partial charge in [0, 0.05) is 10.6 Å². The Morgan fingerprint density at radius 2 is 2.00 bits per heavy atom. The van der Waals surface area contributed by atoms with Crippen molar-refractivity contribution in [3.05, 3.63) is 51.7 Å². The number of nitrogens with one attached hydrogen (secondary N) is 1. The minimum atomic E-state index is -0.0241. The minimum Gasteiger partial charge on any atom is -0.321 e. The molecule has 88 valence electrons. The van der Waals surface area contributed by atoms with Gasteiger partial charge >= 0.3 is 0 Å². The molecule has 2 nitrogen and oxygen atoms in total. The molecule has 0 aliphatic carbocycles. The fourth-order valence-electron chi connectivity index (χ4n) is 1.69. The van der Waals surface area contributed by atoms with Gasteiger partial charge in [-0.1, -0.05) is 25.1 Å². The van der Waals surface area contributed by atoms with Crippen LogP contribution >= 0.6 is 11.3 Å². The van der Waals surface area contributed by atoms with Crippen LogP contribution in [0.1, 0.15) is 27.0 Å². The highest BCUT2D eigenvalue weighted by molar-refractivity contribution is 7.14. The van der Waals surface area contributed by atoms with Crippen LogP contribution in [0.4, 0.5) is 5.69 Å². The number of hydrogen-bond donors (Lipinski definition) is 1. The van der Waals surface area contributed by atoms with Crippen LogP contribution in [-0.2, 0) is 6.42 Å². The predicted octanol–water partition coefficient (Wildman–Crippen LogP) is 3.87. The molecule has 2 rings (SSSR count). The van der Waals surface area contributed by atoms with E-state index in [0.29, 0.717) is 0 Å². The molecule has 1 N–H and O–H groups in total. The van der Waals surface area contributed by atoms with Gasteiger partial charge in [0.1, 0.15) is 0 Å². The van der Waals surface area contributed by atoms with E-state index in [-0.39, 0.29) is 5.91 Å². The molecule has 1 amide bonds. The summed E-state index contributed by atoms with van der Waals surface area (Å²) >= 11 is 1.52. The SMILES string of the molecule is CCc1ccccc1NC(=O)c1ccc(C)s1. The molecule has 2 aromatic rings. The molecule has 0 aliphatic rings. The second kappa shape index (κ2) is 5.15. The van der Waals surface area contributed by atoms with Crippen molar-refractivity contribution in [1.29, 1.82) is 0 Å². The molecule has 1 aromatic heterocycles. The van der Waals surface area contributed by atoms with Crippen molar-refractivity contribution in [1.82, 2.24) is 0 Å². The Morgan fingerprint density at radius 3 is 2.65 bits per heavy atom. The van der Waals surface area contributed by atoms with Crippen LogP contribution in [-0.4, -0.2) is 5.91 Å². The van der Waals surface area contributed by atoms with Crippen LogP contribution in [0.25, 0.3) is 0 Å². The lowest BCUT2D eigenvalue weighted by Crippen LogP contribution is -2.11. The first-order valence-corrected chi connectivity index (χ1v) is 6.48. The molecule has 0 saturated heterocycles. The summed E-state index contributed by atoms with van der Waals surface area (Å²) < 4.78 is 0. The number of para-hydroxylation sites is 1. The Kier molecular flexibility index (Phi) is 3.59. The van der Waals surface area contributed by atoms with Gasteiger partial charge in [0.05, 0.1) is 4.88 Å². The van der Waals surface area contributed by atoms with Gasteiger partial charge in [-0.15, -0.1) is 11.3 Å². The predicted molar refractivity (Wildman–Crippen MR) is 72.8 cm³/mol. The fourth-order valence-corrected chi connectivity index (χ4v) is 2.45. The molecule has 0 fully saturated rings. The molecular weight excluding hydrogens is 230 g/mol. The number of benzene rings is 1. The van der Waals surface area contributed by atoms with E-state index in [1.165, 1.54) is 11.3 Å². The molecule has 17 heavy (non-hydrogen) atoms. The van der Waals surface area contributed by atoms with Crippen LogP contribution in [0.5, 0.6) is 0 Å². The second-order valence-corrected chi connectivity index (χ2v) is 5.16. The molecule has 0 spiro atoms. The Morgan fingerprint density at radius 1 is 1.24 bits per heavy atom. The third-order valence-corrected chi connectivity index (χ3v) is 3.61. The van der Waals surface area contributed by atoms with Gasteiger partial charge in [-0.2, -0.15) is 0 Å². The number of carbonyl (C=O) groups excluding carboxylic acids is 1. The minimum absolute atomic E-state index is 0.0241. The quantitative estimate of drug-likeness (QED) is 0.873. The summed E-state index contributed by atoms with van der Waals surface area (Å²) in [4.78, 5) is 13.9. The van der Waals surface area contributed by atoms with Crippen molar-refractivity contribution in [3.8, 4) is 0 Å². The van der Waals surface area contributed by atoms with Crippen molar-refractivity contribution >= 4 is 22.9 Å². The summed E-state index contributed by atoms with van der Waals surface area (Å²) in [5.41, 5.74) is 2.07. The highest BCUT2D eigenvalue weighted by Crippen LogP contribution is 2.19. The summed E-state index contributed by atoms with van der Waals surface area (Å²) in [7, 11) is 0. The molecule has 0 saturated carbocycles. The Balaban J connectivity index is 2.18. The molecule has 0 aliphatic heterocycles. The molecular formula is C14H15NOS. The molecule has 1 aromatic carbocycles. The summed E-state index contributed by atoms with van der Waals surface area (Å²) in [6.45, 7) is 4.09. The first kappa shape index (κ1) is 11.9. The van der Waals surface area contributed by atoms with E-state index >= 15 is 0 Å². The number of hydrogen-bond acceptors (Lipinski definition) is 2. The molecule has 0 atom stereocenters. The highest BCUT2D eigenvalue weighted by atomic mass is 32.1. The summed E-state index contributed by atoms with van der Waals surface area (Å²) in [6.07, 6.45) is 0.917. The first-order chi connectivity index (χ1) is 8.20. The maximum absolute atomic E-state index is 12.0. The summed E-state index contributed by atoms with van der Waals surface area (Å²) in [5.74, 6) is -0.0241. The monoisotopic (exact) mass is 245 g/mol. The number of amides is 1. The van der Waals surface area contributed by atoms with E-state index in [2.05, 4.69) is 12.2 Å². The van der Waals surface area contributed by atoms with E-state index in [9.17, 15) is 4.79 Å². The molecule has 0 bridgehead atoms. The van der Waals surface area contributed by atoms with Gasteiger partial charge in [-0.05, 0) is 37.1 Å². The molecule has 0 radical (unpaired) electrons. The summed E-state index contributed by atoms with van der Waals surface area (Å²) in [5, 5.41) is 2.96. The lowest BCUT2D eigenvalue weighted by molar-refractivity contribution is 0.103. The normalized spacial score (nSPS) is 10.2. The first-order valence-electron chi connectivity index (χ1n) is 5.66. The van der Waals surface area contributed by atoms with Crippen molar-refractivity contribution in [2.75, 3.05) is 5.32 Å². The Labute approximate surface area is 105 Å². The van der Waals surface area contributed by atoms with Gasteiger partial charge in [0.25, 0.3) is 5.91 Å². The zero-order chi connectivity index (χ0) is 12.3. The fraction of sp³-hybridized carbons (Fsp3) is 0.214. The number of rotatable bonds is 3. The largest absolute Gasteiger partial charge is 0.321 e. The van der Waals surface area contributed by atoms with E-state index in [4.69, 9.17) is 0 Å². The van der Waals surface area contributed by atoms with Crippen molar-refractivity contribution in [2.45, 2.75) is 20.3 Å². The number of anilines is 1. The lowest BCUT2D eigenvalue weighted by atomic mass is 10.1. The van der Waals surface area contributed by atoms with Crippen LogP contribution in [0.15, 0.2) is 36.4 Å². The Bertz CT molecular complexity index is 531. The van der Waals surface area contributed by atoms with Gasteiger partial charge in [-0.25, -0.2) is 0 Å². The maximum Gasteiger partial charge on any atom is 0.265 e. The number of thiophene rings is 1. The Hall–Kier alpha value is -1.61. The highest BCUT2D eigenvalue weighted by Gasteiger charge is 2.09. The zero-order valence-corrected chi connectivity index (χ0v) is 10.8. The van der Waals surface area contributed by atoms with Gasteiger partial charge < -0.3 is 5.32 Å². The number of carbonyl (C=O) groups is 1. The van der Waals surface area contributed by atoms with Gasteiger partial charge in [-0.3, -0.25) is 4.79 Å². The topological polar surface area (TPSA) is 29.1 Å². The van der Waals surface area contributed by atoms with Crippen LogP contribution < -0.4 is 5.32 Å². The van der Waals surface area contributed by atoms with Gasteiger partial charge in [0.15, 0.2) is 0 Å². The van der Waals surface area contributed by atoms with E-state index in [1.54, 1.807) is 0 Å².